The highest BCUT2D eigenvalue weighted by Crippen LogP contribution is 2.23. The van der Waals surface area contributed by atoms with Gasteiger partial charge in [0.25, 0.3) is 0 Å². The molecule has 0 fully saturated rings. The summed E-state index contributed by atoms with van der Waals surface area (Å²) in [6, 6.07) is 1.29. The fraction of sp³-hybridized carbons (Fsp3) is 0.615. The van der Waals surface area contributed by atoms with E-state index < -0.39 is 17.7 Å². The van der Waals surface area contributed by atoms with E-state index in [1.807, 2.05) is 0 Å². The van der Waals surface area contributed by atoms with E-state index in [-0.39, 0.29) is 17.8 Å². The third kappa shape index (κ3) is 4.45. The van der Waals surface area contributed by atoms with E-state index in [1.165, 1.54) is 20.3 Å². The van der Waals surface area contributed by atoms with Crippen molar-refractivity contribution in [1.29, 1.82) is 0 Å². The average Bonchev–Trinajstić information content (AvgIpc) is 2.43. The Hall–Kier alpha value is -2.09. The Morgan fingerprint density at radius 1 is 1.29 bits per heavy atom. The molecule has 0 bridgehead atoms. The summed E-state index contributed by atoms with van der Waals surface area (Å²) in [5.41, 5.74) is -1.06. The second kappa shape index (κ2) is 7.07. The molecule has 118 valence electrons. The maximum Gasteiger partial charge on any atom is 0.348 e. The normalized spacial score (nSPS) is 12.6. The van der Waals surface area contributed by atoms with E-state index in [2.05, 4.69) is 9.97 Å². The van der Waals surface area contributed by atoms with Gasteiger partial charge in [-0.15, -0.1) is 0 Å². The van der Waals surface area contributed by atoms with Crippen molar-refractivity contribution in [3.8, 4) is 17.8 Å². The molecule has 21 heavy (non-hydrogen) atoms. The molecule has 1 N–H and O–H groups in total. The predicted octanol–water partition coefficient (Wildman–Crippen LogP) is 1.14. The lowest BCUT2D eigenvalue weighted by molar-refractivity contribution is -0.162. The lowest BCUT2D eigenvalue weighted by atomic mass is 10.0. The van der Waals surface area contributed by atoms with Crippen molar-refractivity contribution in [1.82, 2.24) is 9.97 Å². The molecule has 0 aliphatic carbocycles. The summed E-state index contributed by atoms with van der Waals surface area (Å²) < 4.78 is 20.8. The second-order valence-corrected chi connectivity index (χ2v) is 4.61. The Labute approximate surface area is 123 Å². The van der Waals surface area contributed by atoms with Crippen LogP contribution < -0.4 is 14.2 Å². The molecule has 1 aromatic heterocycles. The summed E-state index contributed by atoms with van der Waals surface area (Å²) in [5.74, 6) is -0.774. The van der Waals surface area contributed by atoms with Crippen LogP contribution in [0.5, 0.6) is 17.8 Å². The van der Waals surface area contributed by atoms with Gasteiger partial charge in [0.05, 0.1) is 20.3 Å². The van der Waals surface area contributed by atoms with Crippen molar-refractivity contribution in [2.24, 2.45) is 0 Å². The summed E-state index contributed by atoms with van der Waals surface area (Å²) in [5, 5.41) is 9.33. The highest BCUT2D eigenvalue weighted by atomic mass is 16.6. The number of aromatic nitrogens is 2. The molecule has 1 aromatic rings. The first kappa shape index (κ1) is 17.0. The number of ether oxygens (including phenoxy) is 4. The van der Waals surface area contributed by atoms with Crippen LogP contribution in [0, 0.1) is 0 Å². The van der Waals surface area contributed by atoms with Gasteiger partial charge >= 0.3 is 12.0 Å². The van der Waals surface area contributed by atoms with Crippen LogP contribution in [0.4, 0.5) is 0 Å². The molecule has 0 aromatic carbocycles. The number of nitrogens with zero attached hydrogens (tertiary/aromatic N) is 2. The molecule has 1 atom stereocenters. The number of aliphatic carboxylic acids is 1. The van der Waals surface area contributed by atoms with Gasteiger partial charge in [-0.25, -0.2) is 4.79 Å². The Bertz CT molecular complexity index is 469. The minimum atomic E-state index is -1.28. The maximum absolute atomic E-state index is 11.4. The first-order valence-corrected chi connectivity index (χ1v) is 6.34. The number of hydrogen-bond acceptors (Lipinski definition) is 7. The Kier molecular flexibility index (Phi) is 5.71. The highest BCUT2D eigenvalue weighted by molar-refractivity contribution is 5.74. The number of carbonyl (C=O) groups is 1. The molecule has 0 radical (unpaired) electrons. The highest BCUT2D eigenvalue weighted by Gasteiger charge is 2.39. The third-order valence-electron chi connectivity index (χ3n) is 2.67. The smallest absolute Gasteiger partial charge is 0.348 e. The van der Waals surface area contributed by atoms with E-state index >= 15 is 0 Å². The lowest BCUT2D eigenvalue weighted by Crippen LogP contribution is -2.48. The molecule has 1 heterocycles. The Morgan fingerprint density at radius 2 is 1.81 bits per heavy atom. The van der Waals surface area contributed by atoms with Gasteiger partial charge in [-0.2, -0.15) is 9.97 Å². The van der Waals surface area contributed by atoms with Gasteiger partial charge in [0.15, 0.2) is 0 Å². The zero-order valence-corrected chi connectivity index (χ0v) is 12.7. The topological polar surface area (TPSA) is 100 Å². The van der Waals surface area contributed by atoms with Gasteiger partial charge in [0, 0.05) is 6.61 Å². The first-order valence-electron chi connectivity index (χ1n) is 6.34. The summed E-state index contributed by atoms with van der Waals surface area (Å²) in [7, 11) is 2.84. The van der Waals surface area contributed by atoms with Crippen LogP contribution in [0.2, 0.25) is 0 Å². The molecule has 8 nitrogen and oxygen atoms in total. The molecule has 0 spiro atoms. The average molecular weight is 300 g/mol. The molecule has 1 unspecified atom stereocenters. The van der Waals surface area contributed by atoms with Crippen molar-refractivity contribution in [3.63, 3.8) is 0 Å². The fourth-order valence-corrected chi connectivity index (χ4v) is 1.69. The van der Waals surface area contributed by atoms with Crippen molar-refractivity contribution < 1.29 is 28.8 Å². The van der Waals surface area contributed by atoms with Crippen LogP contribution in [0.3, 0.4) is 0 Å². The molecule has 0 aliphatic heterocycles. The van der Waals surface area contributed by atoms with Crippen molar-refractivity contribution in [2.45, 2.75) is 32.5 Å². The van der Waals surface area contributed by atoms with Crippen LogP contribution in [-0.2, 0) is 9.53 Å². The van der Waals surface area contributed by atoms with E-state index in [1.54, 1.807) is 20.8 Å². The number of methoxy groups -OCH3 is 2. The molecule has 0 saturated carbocycles. The summed E-state index contributed by atoms with van der Waals surface area (Å²) in [6.07, 6.45) is -1.28. The number of hydrogen-bond donors (Lipinski definition) is 1. The second-order valence-electron chi connectivity index (χ2n) is 4.61. The third-order valence-corrected chi connectivity index (χ3v) is 2.67. The summed E-state index contributed by atoms with van der Waals surface area (Å²) in [6.45, 7) is 5.35. The largest absolute Gasteiger partial charge is 0.481 e. The van der Waals surface area contributed by atoms with E-state index in [0.29, 0.717) is 6.61 Å². The van der Waals surface area contributed by atoms with Crippen LogP contribution in [-0.4, -0.2) is 53.6 Å². The minimum absolute atomic E-state index is 0.161. The molecule has 8 heteroatoms. The number of carboxylic acids is 1. The first-order chi connectivity index (χ1) is 9.83. The molecular weight excluding hydrogens is 280 g/mol. The quantitative estimate of drug-likeness (QED) is 0.763. The van der Waals surface area contributed by atoms with Crippen LogP contribution >= 0.6 is 0 Å². The van der Waals surface area contributed by atoms with Crippen LogP contribution in [0.1, 0.15) is 20.8 Å². The van der Waals surface area contributed by atoms with Crippen LogP contribution in [0.15, 0.2) is 6.07 Å². The lowest BCUT2D eigenvalue weighted by Gasteiger charge is -2.30. The Morgan fingerprint density at radius 3 is 2.19 bits per heavy atom. The summed E-state index contributed by atoms with van der Waals surface area (Å²) >= 11 is 0. The monoisotopic (exact) mass is 300 g/mol. The molecule has 0 amide bonds. The molecule has 0 saturated heterocycles. The number of rotatable bonds is 8. The minimum Gasteiger partial charge on any atom is -0.481 e. The van der Waals surface area contributed by atoms with Gasteiger partial charge in [-0.3, -0.25) is 0 Å². The van der Waals surface area contributed by atoms with Gasteiger partial charge in [-0.1, -0.05) is 0 Å². The fourth-order valence-electron chi connectivity index (χ4n) is 1.69. The number of carboxylic acid groups (broad SMARTS) is 1. The van der Waals surface area contributed by atoms with Crippen molar-refractivity contribution in [2.75, 3.05) is 20.8 Å². The molecule has 1 rings (SSSR count). The van der Waals surface area contributed by atoms with Gasteiger partial charge < -0.3 is 24.1 Å². The predicted molar refractivity (Wildman–Crippen MR) is 72.9 cm³/mol. The van der Waals surface area contributed by atoms with Gasteiger partial charge in [0.1, 0.15) is 5.60 Å². The van der Waals surface area contributed by atoms with Crippen molar-refractivity contribution >= 4 is 5.97 Å². The van der Waals surface area contributed by atoms with E-state index in [9.17, 15) is 9.90 Å². The molecule has 0 aliphatic rings. The van der Waals surface area contributed by atoms with Crippen LogP contribution in [0.25, 0.3) is 0 Å². The maximum atomic E-state index is 11.4. The molecular formula is C13H20N2O6. The van der Waals surface area contributed by atoms with E-state index in [0.717, 1.165) is 0 Å². The Balaban J connectivity index is 3.07. The van der Waals surface area contributed by atoms with E-state index in [4.69, 9.17) is 18.9 Å². The SMILES string of the molecule is CCOC(C)(C)C(Oc1nc(OC)cc(OC)n1)C(=O)O. The zero-order valence-electron chi connectivity index (χ0n) is 12.7. The van der Waals surface area contributed by atoms with Gasteiger partial charge in [-0.05, 0) is 20.8 Å². The van der Waals surface area contributed by atoms with Gasteiger partial charge in [0.2, 0.25) is 17.9 Å². The summed E-state index contributed by atoms with van der Waals surface area (Å²) in [4.78, 5) is 19.3. The standard InChI is InChI=1S/C13H20N2O6/c1-6-20-13(2,3)10(11(16)17)21-12-14-8(18-4)7-9(15-12)19-5/h7,10H,6H2,1-5H3,(H,16,17). The zero-order chi connectivity index (χ0) is 16.0. The van der Waals surface area contributed by atoms with Crippen molar-refractivity contribution in [3.05, 3.63) is 6.07 Å².